The van der Waals surface area contributed by atoms with Crippen LogP contribution in [0.3, 0.4) is 0 Å². The number of aliphatic hydroxyl groups excluding tert-OH is 1. The first-order chi connectivity index (χ1) is 14.3. The van der Waals surface area contributed by atoms with E-state index < -0.39 is 6.10 Å². The molecule has 8 heteroatoms. The van der Waals surface area contributed by atoms with Crippen LogP contribution in [0.4, 0.5) is 6.01 Å². The van der Waals surface area contributed by atoms with Gasteiger partial charge in [0, 0.05) is 33.1 Å². The van der Waals surface area contributed by atoms with Crippen LogP contribution in [0.2, 0.25) is 0 Å². The van der Waals surface area contributed by atoms with E-state index in [-0.39, 0.29) is 17.9 Å². The normalized spacial score (nSPS) is 26.0. The Morgan fingerprint density at radius 3 is 2.60 bits per heavy atom. The lowest BCUT2D eigenvalue weighted by molar-refractivity contribution is -0.0235. The van der Waals surface area contributed by atoms with Gasteiger partial charge in [0.2, 0.25) is 0 Å². The Kier molecular flexibility index (Phi) is 5.69. The van der Waals surface area contributed by atoms with Gasteiger partial charge in [0.1, 0.15) is 11.9 Å². The van der Waals surface area contributed by atoms with Crippen LogP contribution in [-0.2, 0) is 0 Å². The highest BCUT2D eigenvalue weighted by Gasteiger charge is 2.44. The van der Waals surface area contributed by atoms with Crippen molar-refractivity contribution >= 4 is 11.9 Å². The molecule has 8 nitrogen and oxygen atoms in total. The molecule has 4 atom stereocenters. The van der Waals surface area contributed by atoms with Gasteiger partial charge < -0.3 is 24.2 Å². The summed E-state index contributed by atoms with van der Waals surface area (Å²) in [7, 11) is 3.43. The van der Waals surface area contributed by atoms with E-state index in [0.717, 1.165) is 19.5 Å². The third-order valence-corrected chi connectivity index (χ3v) is 6.10. The summed E-state index contributed by atoms with van der Waals surface area (Å²) >= 11 is 0. The first-order valence-corrected chi connectivity index (χ1v) is 10.6. The molecule has 4 rings (SSSR count). The SMILES string of the molecule is CC(C)c1noc(N2C[C@H]3C[C@@H](Oc4ccccc4C(=O)N(C)C)[C@H](O)C[C@H]3C2)n1. The van der Waals surface area contributed by atoms with Crippen molar-refractivity contribution in [3.63, 3.8) is 0 Å². The van der Waals surface area contributed by atoms with Crippen LogP contribution >= 0.6 is 0 Å². The topological polar surface area (TPSA) is 91.9 Å². The van der Waals surface area contributed by atoms with Gasteiger partial charge in [-0.05, 0) is 36.8 Å². The van der Waals surface area contributed by atoms with E-state index in [1.54, 1.807) is 26.2 Å². The number of rotatable bonds is 5. The number of aliphatic hydroxyl groups is 1. The molecular formula is C22H30N4O4. The summed E-state index contributed by atoms with van der Waals surface area (Å²) in [4.78, 5) is 20.6. The van der Waals surface area contributed by atoms with Crippen molar-refractivity contribution in [2.75, 3.05) is 32.1 Å². The van der Waals surface area contributed by atoms with Crippen molar-refractivity contribution in [3.05, 3.63) is 35.7 Å². The van der Waals surface area contributed by atoms with E-state index in [9.17, 15) is 9.90 Å². The molecule has 0 radical (unpaired) electrons. The summed E-state index contributed by atoms with van der Waals surface area (Å²) in [5.41, 5.74) is 0.511. The molecule has 1 aliphatic heterocycles. The fourth-order valence-corrected chi connectivity index (χ4v) is 4.41. The van der Waals surface area contributed by atoms with Crippen molar-refractivity contribution in [2.45, 2.75) is 44.8 Å². The van der Waals surface area contributed by atoms with Gasteiger partial charge in [0.15, 0.2) is 5.82 Å². The molecule has 2 aromatic rings. The fourth-order valence-electron chi connectivity index (χ4n) is 4.41. The molecule has 1 saturated heterocycles. The molecule has 0 bridgehead atoms. The van der Waals surface area contributed by atoms with Gasteiger partial charge in [-0.1, -0.05) is 31.1 Å². The maximum absolute atomic E-state index is 12.5. The van der Waals surface area contributed by atoms with Crippen LogP contribution in [0.5, 0.6) is 5.75 Å². The Hall–Kier alpha value is -2.61. The second-order valence-corrected chi connectivity index (χ2v) is 8.91. The number of hydrogen-bond donors (Lipinski definition) is 1. The highest BCUT2D eigenvalue weighted by Crippen LogP contribution is 2.39. The number of fused-ring (bicyclic) bond motifs is 1. The summed E-state index contributed by atoms with van der Waals surface area (Å²) in [5, 5.41) is 14.8. The number of hydrogen-bond acceptors (Lipinski definition) is 7. The van der Waals surface area contributed by atoms with Gasteiger partial charge in [-0.2, -0.15) is 4.98 Å². The van der Waals surface area contributed by atoms with E-state index >= 15 is 0 Å². The number of nitrogens with zero attached hydrogens (tertiary/aromatic N) is 4. The molecule has 2 heterocycles. The molecule has 30 heavy (non-hydrogen) atoms. The molecule has 1 aromatic carbocycles. The Balaban J connectivity index is 1.46. The zero-order valence-corrected chi connectivity index (χ0v) is 18.0. The maximum atomic E-state index is 12.5. The molecule has 2 aliphatic rings. The molecule has 0 unspecified atom stereocenters. The highest BCUT2D eigenvalue weighted by atomic mass is 16.5. The van der Waals surface area contributed by atoms with Crippen molar-refractivity contribution in [2.24, 2.45) is 11.8 Å². The van der Waals surface area contributed by atoms with Crippen LogP contribution in [0.15, 0.2) is 28.8 Å². The zero-order chi connectivity index (χ0) is 21.4. The maximum Gasteiger partial charge on any atom is 0.324 e. The lowest BCUT2D eigenvalue weighted by Gasteiger charge is -2.35. The standard InChI is InChI=1S/C22H30N4O4/c1-13(2)20-23-22(30-24-20)26-11-14-9-17(27)19(10-15(14)12-26)29-18-8-6-5-7-16(18)21(28)25(3)4/h5-8,13-15,17,19,27H,9-12H2,1-4H3/t14-,15+,17+,19+/m0/s1. The summed E-state index contributed by atoms with van der Waals surface area (Å²) in [6, 6.07) is 7.78. The van der Waals surface area contributed by atoms with Crippen LogP contribution in [0.25, 0.3) is 0 Å². The average molecular weight is 415 g/mol. The van der Waals surface area contributed by atoms with Crippen LogP contribution in [-0.4, -0.2) is 65.4 Å². The largest absolute Gasteiger partial charge is 0.487 e. The van der Waals surface area contributed by atoms with Crippen molar-refractivity contribution < 1.29 is 19.2 Å². The quantitative estimate of drug-likeness (QED) is 0.804. The van der Waals surface area contributed by atoms with Gasteiger partial charge in [-0.3, -0.25) is 4.79 Å². The van der Waals surface area contributed by atoms with E-state index in [0.29, 0.717) is 41.4 Å². The number of ether oxygens (including phenoxy) is 1. The zero-order valence-electron chi connectivity index (χ0n) is 18.0. The van der Waals surface area contributed by atoms with Crippen LogP contribution in [0, 0.1) is 11.8 Å². The third-order valence-electron chi connectivity index (χ3n) is 6.10. The number of carbonyl (C=O) groups excluding carboxylic acids is 1. The molecule has 1 amide bonds. The van der Waals surface area contributed by atoms with Crippen molar-refractivity contribution in [1.82, 2.24) is 15.0 Å². The molecule has 1 aliphatic carbocycles. The Morgan fingerprint density at radius 2 is 1.93 bits per heavy atom. The Morgan fingerprint density at radius 1 is 1.23 bits per heavy atom. The first kappa shape index (κ1) is 20.7. The Bertz CT molecular complexity index is 897. The van der Waals surface area contributed by atoms with Crippen molar-refractivity contribution in [3.8, 4) is 5.75 Å². The summed E-state index contributed by atoms with van der Waals surface area (Å²) in [6.45, 7) is 5.67. The third kappa shape index (κ3) is 4.01. The second kappa shape index (κ2) is 8.26. The minimum atomic E-state index is -0.581. The van der Waals surface area contributed by atoms with E-state index in [2.05, 4.69) is 15.0 Å². The average Bonchev–Trinajstić information content (AvgIpc) is 3.35. The highest BCUT2D eigenvalue weighted by molar-refractivity contribution is 5.96. The number of para-hydroxylation sites is 1. The van der Waals surface area contributed by atoms with Gasteiger partial charge in [0.25, 0.3) is 5.91 Å². The van der Waals surface area contributed by atoms with E-state index in [1.165, 1.54) is 4.90 Å². The number of carbonyl (C=O) groups is 1. The van der Waals surface area contributed by atoms with Crippen molar-refractivity contribution in [1.29, 1.82) is 0 Å². The van der Waals surface area contributed by atoms with Crippen LogP contribution < -0.4 is 9.64 Å². The second-order valence-electron chi connectivity index (χ2n) is 8.91. The van der Waals surface area contributed by atoms with Gasteiger partial charge in [0.05, 0.1) is 11.7 Å². The first-order valence-electron chi connectivity index (χ1n) is 10.6. The summed E-state index contributed by atoms with van der Waals surface area (Å²) in [5.74, 6) is 2.06. The number of benzene rings is 1. The predicted octanol–water partition coefficient (Wildman–Crippen LogP) is 2.55. The number of amides is 1. The number of anilines is 1. The van der Waals surface area contributed by atoms with Gasteiger partial charge in [-0.25, -0.2) is 0 Å². The molecular weight excluding hydrogens is 384 g/mol. The predicted molar refractivity (Wildman–Crippen MR) is 112 cm³/mol. The minimum absolute atomic E-state index is 0.113. The summed E-state index contributed by atoms with van der Waals surface area (Å²) < 4.78 is 11.6. The van der Waals surface area contributed by atoms with Crippen LogP contribution in [0.1, 0.15) is 48.8 Å². The lowest BCUT2D eigenvalue weighted by Crippen LogP contribution is -2.42. The fraction of sp³-hybridized carbons (Fsp3) is 0.591. The molecule has 0 spiro atoms. The Labute approximate surface area is 176 Å². The summed E-state index contributed by atoms with van der Waals surface area (Å²) in [6.07, 6.45) is 0.442. The molecule has 1 aromatic heterocycles. The molecule has 162 valence electrons. The lowest BCUT2D eigenvalue weighted by atomic mass is 9.78. The van der Waals surface area contributed by atoms with E-state index in [1.807, 2.05) is 26.0 Å². The molecule has 1 N–H and O–H groups in total. The van der Waals surface area contributed by atoms with E-state index in [4.69, 9.17) is 9.26 Å². The monoisotopic (exact) mass is 414 g/mol. The minimum Gasteiger partial charge on any atom is -0.487 e. The van der Waals surface area contributed by atoms with Gasteiger partial charge >= 0.3 is 6.01 Å². The molecule has 1 saturated carbocycles. The van der Waals surface area contributed by atoms with Gasteiger partial charge in [-0.15, -0.1) is 0 Å². The smallest absolute Gasteiger partial charge is 0.324 e. The molecule has 2 fully saturated rings. The number of aromatic nitrogens is 2.